The molecule has 0 radical (unpaired) electrons. The maximum Gasteiger partial charge on any atom is 0.311 e. The second-order valence-electron chi connectivity index (χ2n) is 3.92. The number of amides is 1. The van der Waals surface area contributed by atoms with Gasteiger partial charge in [0.25, 0.3) is 0 Å². The first-order chi connectivity index (χ1) is 9.04. The SMILES string of the molecule is CCCCOc1ccc(/C=C\C(N)=O)cc1[N+](=O)[O-]. The normalized spacial score (nSPS) is 10.6. The number of carbonyl (C=O) groups excluding carboxylic acids is 1. The van der Waals surface area contributed by atoms with Gasteiger partial charge in [0.1, 0.15) is 0 Å². The van der Waals surface area contributed by atoms with Gasteiger partial charge in [-0.3, -0.25) is 14.9 Å². The first-order valence-corrected chi connectivity index (χ1v) is 5.93. The van der Waals surface area contributed by atoms with Gasteiger partial charge in [-0.1, -0.05) is 19.4 Å². The number of nitro benzene ring substituents is 1. The van der Waals surface area contributed by atoms with Crippen LogP contribution in [0.2, 0.25) is 0 Å². The van der Waals surface area contributed by atoms with Crippen LogP contribution in [0.5, 0.6) is 5.75 Å². The molecule has 1 aromatic carbocycles. The lowest BCUT2D eigenvalue weighted by Gasteiger charge is -2.06. The first-order valence-electron chi connectivity index (χ1n) is 5.93. The lowest BCUT2D eigenvalue weighted by molar-refractivity contribution is -0.385. The fraction of sp³-hybridized carbons (Fsp3) is 0.308. The maximum atomic E-state index is 11.0. The Morgan fingerprint density at radius 2 is 2.26 bits per heavy atom. The average molecular weight is 264 g/mol. The third-order valence-electron chi connectivity index (χ3n) is 2.38. The molecule has 0 fully saturated rings. The van der Waals surface area contributed by atoms with Crippen molar-refractivity contribution in [2.75, 3.05) is 6.61 Å². The van der Waals surface area contributed by atoms with Crippen molar-refractivity contribution in [3.8, 4) is 5.75 Å². The molecule has 2 N–H and O–H groups in total. The Balaban J connectivity index is 2.94. The molecule has 0 aliphatic rings. The number of carbonyl (C=O) groups is 1. The number of nitro groups is 1. The van der Waals surface area contributed by atoms with E-state index in [1.165, 1.54) is 18.2 Å². The minimum Gasteiger partial charge on any atom is -0.487 e. The van der Waals surface area contributed by atoms with Gasteiger partial charge in [-0.05, 0) is 24.1 Å². The number of primary amides is 1. The Morgan fingerprint density at radius 1 is 1.53 bits per heavy atom. The Kier molecular flexibility index (Phi) is 5.53. The number of nitrogens with zero attached hydrogens (tertiary/aromatic N) is 1. The minimum absolute atomic E-state index is 0.122. The van der Waals surface area contributed by atoms with Gasteiger partial charge >= 0.3 is 5.69 Å². The van der Waals surface area contributed by atoms with Crippen LogP contribution < -0.4 is 10.5 Å². The fourth-order valence-corrected chi connectivity index (χ4v) is 1.41. The van der Waals surface area contributed by atoms with Crippen molar-refractivity contribution >= 4 is 17.7 Å². The molecule has 0 saturated heterocycles. The van der Waals surface area contributed by atoms with Crippen LogP contribution in [0.15, 0.2) is 24.3 Å². The fourth-order valence-electron chi connectivity index (χ4n) is 1.41. The molecular formula is C13H16N2O4. The van der Waals surface area contributed by atoms with Gasteiger partial charge in [0.2, 0.25) is 5.91 Å². The molecule has 0 unspecified atom stereocenters. The summed E-state index contributed by atoms with van der Waals surface area (Å²) in [5, 5.41) is 11.0. The van der Waals surface area contributed by atoms with Crippen LogP contribution in [0.1, 0.15) is 25.3 Å². The Morgan fingerprint density at radius 3 is 2.84 bits per heavy atom. The van der Waals surface area contributed by atoms with Crippen molar-refractivity contribution in [3.05, 3.63) is 40.0 Å². The Labute approximate surface area is 111 Å². The van der Waals surface area contributed by atoms with Gasteiger partial charge in [0.15, 0.2) is 5.75 Å². The minimum atomic E-state index is -0.606. The molecule has 19 heavy (non-hydrogen) atoms. The van der Waals surface area contributed by atoms with E-state index < -0.39 is 10.8 Å². The van der Waals surface area contributed by atoms with Crippen molar-refractivity contribution < 1.29 is 14.5 Å². The highest BCUT2D eigenvalue weighted by atomic mass is 16.6. The topological polar surface area (TPSA) is 95.5 Å². The number of unbranched alkanes of at least 4 members (excludes halogenated alkanes) is 1. The van der Waals surface area contributed by atoms with E-state index in [0.29, 0.717) is 12.2 Å². The summed E-state index contributed by atoms with van der Waals surface area (Å²) in [6, 6.07) is 4.50. The summed E-state index contributed by atoms with van der Waals surface area (Å²) in [5.74, 6) is -0.374. The lowest BCUT2D eigenvalue weighted by atomic mass is 10.1. The number of benzene rings is 1. The Hall–Kier alpha value is -2.37. The zero-order chi connectivity index (χ0) is 14.3. The first kappa shape index (κ1) is 14.7. The molecule has 0 spiro atoms. The van der Waals surface area contributed by atoms with E-state index >= 15 is 0 Å². The van der Waals surface area contributed by atoms with Gasteiger partial charge in [-0.25, -0.2) is 0 Å². The third-order valence-corrected chi connectivity index (χ3v) is 2.38. The predicted octanol–water partition coefficient (Wildman–Crippen LogP) is 2.27. The smallest absolute Gasteiger partial charge is 0.311 e. The molecular weight excluding hydrogens is 248 g/mol. The van der Waals surface area contributed by atoms with E-state index in [9.17, 15) is 14.9 Å². The molecule has 0 aromatic heterocycles. The second-order valence-corrected chi connectivity index (χ2v) is 3.92. The summed E-state index contributed by atoms with van der Waals surface area (Å²) < 4.78 is 5.36. The highest BCUT2D eigenvalue weighted by Crippen LogP contribution is 2.28. The monoisotopic (exact) mass is 264 g/mol. The summed E-state index contributed by atoms with van der Waals surface area (Å²) in [6.07, 6.45) is 4.36. The Bertz CT molecular complexity index is 497. The van der Waals surface area contributed by atoms with Crippen LogP contribution in [0.25, 0.3) is 6.08 Å². The number of ether oxygens (including phenoxy) is 1. The van der Waals surface area contributed by atoms with Gasteiger partial charge in [-0.15, -0.1) is 0 Å². The van der Waals surface area contributed by atoms with Gasteiger partial charge in [-0.2, -0.15) is 0 Å². The molecule has 1 rings (SSSR count). The van der Waals surface area contributed by atoms with Crippen LogP contribution in [0, 0.1) is 10.1 Å². The van der Waals surface area contributed by atoms with Crippen molar-refractivity contribution in [1.82, 2.24) is 0 Å². The lowest BCUT2D eigenvalue weighted by Crippen LogP contribution is -2.05. The van der Waals surface area contributed by atoms with Crippen molar-refractivity contribution in [3.63, 3.8) is 0 Å². The highest BCUT2D eigenvalue weighted by Gasteiger charge is 2.15. The summed E-state index contributed by atoms with van der Waals surface area (Å²) >= 11 is 0. The van der Waals surface area contributed by atoms with Crippen LogP contribution in [0.4, 0.5) is 5.69 Å². The second kappa shape index (κ2) is 7.15. The molecule has 1 aromatic rings. The van der Waals surface area contributed by atoms with Crippen molar-refractivity contribution in [2.45, 2.75) is 19.8 Å². The molecule has 0 bridgehead atoms. The third kappa shape index (κ3) is 4.79. The zero-order valence-corrected chi connectivity index (χ0v) is 10.7. The standard InChI is InChI=1S/C13H16N2O4/c1-2-3-8-19-12-6-4-10(5-7-13(14)16)9-11(12)15(17)18/h4-7,9H,2-3,8H2,1H3,(H2,14,16)/b7-5-. The average Bonchev–Trinajstić information content (AvgIpc) is 2.37. The zero-order valence-electron chi connectivity index (χ0n) is 10.7. The van der Waals surface area contributed by atoms with Crippen LogP contribution >= 0.6 is 0 Å². The van der Waals surface area contributed by atoms with Crippen molar-refractivity contribution in [1.29, 1.82) is 0 Å². The number of nitrogens with two attached hydrogens (primary N) is 1. The molecule has 0 atom stereocenters. The molecule has 102 valence electrons. The molecule has 6 heteroatoms. The number of hydrogen-bond donors (Lipinski definition) is 1. The van der Waals surface area contributed by atoms with Crippen LogP contribution in [-0.2, 0) is 4.79 Å². The van der Waals surface area contributed by atoms with Gasteiger partial charge in [0.05, 0.1) is 11.5 Å². The van der Waals surface area contributed by atoms with E-state index in [1.807, 2.05) is 6.92 Å². The van der Waals surface area contributed by atoms with Gasteiger partial charge in [0, 0.05) is 12.1 Å². The predicted molar refractivity (Wildman–Crippen MR) is 71.7 cm³/mol. The molecule has 0 aliphatic heterocycles. The van der Waals surface area contributed by atoms with Gasteiger partial charge < -0.3 is 10.5 Å². The molecule has 0 aliphatic carbocycles. The largest absolute Gasteiger partial charge is 0.487 e. The molecule has 0 saturated carbocycles. The summed E-state index contributed by atoms with van der Waals surface area (Å²) in [6.45, 7) is 2.45. The number of hydrogen-bond acceptors (Lipinski definition) is 4. The summed E-state index contributed by atoms with van der Waals surface area (Å²) in [5.41, 5.74) is 5.36. The van der Waals surface area contributed by atoms with E-state index in [1.54, 1.807) is 6.07 Å². The quantitative estimate of drug-likeness (QED) is 0.353. The molecule has 0 heterocycles. The summed E-state index contributed by atoms with van der Waals surface area (Å²) in [7, 11) is 0. The number of rotatable bonds is 7. The molecule has 1 amide bonds. The van der Waals surface area contributed by atoms with E-state index in [0.717, 1.165) is 18.9 Å². The maximum absolute atomic E-state index is 11.0. The van der Waals surface area contributed by atoms with E-state index in [4.69, 9.17) is 10.5 Å². The van der Waals surface area contributed by atoms with E-state index in [-0.39, 0.29) is 11.4 Å². The van der Waals surface area contributed by atoms with E-state index in [2.05, 4.69) is 0 Å². The summed E-state index contributed by atoms with van der Waals surface area (Å²) in [4.78, 5) is 21.1. The van der Waals surface area contributed by atoms with Crippen molar-refractivity contribution in [2.24, 2.45) is 5.73 Å². The molecule has 6 nitrogen and oxygen atoms in total. The van der Waals surface area contributed by atoms with Crippen LogP contribution in [0.3, 0.4) is 0 Å². The van der Waals surface area contributed by atoms with Crippen LogP contribution in [-0.4, -0.2) is 17.4 Å². The highest BCUT2D eigenvalue weighted by molar-refractivity contribution is 5.90.